The van der Waals surface area contributed by atoms with Crippen molar-refractivity contribution in [1.82, 2.24) is 4.90 Å². The molecule has 0 aromatic rings. The van der Waals surface area contributed by atoms with E-state index in [-0.39, 0.29) is 11.9 Å². The van der Waals surface area contributed by atoms with Crippen LogP contribution in [0.25, 0.3) is 0 Å². The van der Waals surface area contributed by atoms with Crippen LogP contribution in [-0.2, 0) is 4.79 Å². The summed E-state index contributed by atoms with van der Waals surface area (Å²) in [5, 5.41) is 0. The molecule has 0 aromatic heterocycles. The maximum atomic E-state index is 11.4. The Kier molecular flexibility index (Phi) is 4.14. The molecule has 0 heterocycles. The number of carbonyl (C=O) groups excluding carboxylic acids is 1. The number of terminal acetylenes is 1. The van der Waals surface area contributed by atoms with Crippen molar-refractivity contribution in [2.75, 3.05) is 7.05 Å². The molecule has 0 aliphatic rings. The summed E-state index contributed by atoms with van der Waals surface area (Å²) in [5.74, 6) is 2.49. The molecule has 2 heteroatoms. The van der Waals surface area contributed by atoms with Gasteiger partial charge in [-0.25, -0.2) is 0 Å². The second kappa shape index (κ2) is 4.61. The van der Waals surface area contributed by atoms with Gasteiger partial charge in [-0.05, 0) is 20.8 Å². The predicted molar refractivity (Wildman–Crippen MR) is 50.5 cm³/mol. The summed E-state index contributed by atoms with van der Waals surface area (Å²) in [6, 6.07) is -0.146. The molecule has 0 spiro atoms. The Morgan fingerprint density at radius 1 is 1.67 bits per heavy atom. The van der Waals surface area contributed by atoms with Gasteiger partial charge in [-0.2, -0.15) is 0 Å². The van der Waals surface area contributed by atoms with E-state index in [9.17, 15) is 4.79 Å². The molecule has 0 rings (SSSR count). The average Bonchev–Trinajstić information content (AvgIpc) is 2.12. The SMILES string of the molecule is C#CC(C)N(C)C(=O)/C(C)=C\C. The highest BCUT2D eigenvalue weighted by Gasteiger charge is 2.13. The third kappa shape index (κ3) is 2.43. The first-order chi connectivity index (χ1) is 5.54. The molecule has 1 amide bonds. The molecule has 0 saturated carbocycles. The molecule has 0 aromatic carbocycles. The monoisotopic (exact) mass is 165 g/mol. The molecule has 1 unspecified atom stereocenters. The highest BCUT2D eigenvalue weighted by atomic mass is 16.2. The zero-order valence-corrected chi connectivity index (χ0v) is 8.09. The van der Waals surface area contributed by atoms with Gasteiger partial charge >= 0.3 is 0 Å². The third-order valence-electron chi connectivity index (χ3n) is 1.91. The second-order valence-electron chi connectivity index (χ2n) is 2.73. The van der Waals surface area contributed by atoms with E-state index in [1.165, 1.54) is 0 Å². The highest BCUT2D eigenvalue weighted by Crippen LogP contribution is 2.02. The van der Waals surface area contributed by atoms with Gasteiger partial charge in [0.1, 0.15) is 0 Å². The minimum absolute atomic E-state index is 0.0112. The van der Waals surface area contributed by atoms with E-state index >= 15 is 0 Å². The van der Waals surface area contributed by atoms with Crippen LogP contribution >= 0.6 is 0 Å². The van der Waals surface area contributed by atoms with Crippen LogP contribution in [0, 0.1) is 12.3 Å². The lowest BCUT2D eigenvalue weighted by molar-refractivity contribution is -0.126. The minimum Gasteiger partial charge on any atom is -0.328 e. The maximum Gasteiger partial charge on any atom is 0.249 e. The molecule has 2 nitrogen and oxygen atoms in total. The Morgan fingerprint density at radius 2 is 2.17 bits per heavy atom. The molecule has 0 aliphatic carbocycles. The van der Waals surface area contributed by atoms with Crippen LogP contribution in [0.5, 0.6) is 0 Å². The fraction of sp³-hybridized carbons (Fsp3) is 0.500. The van der Waals surface area contributed by atoms with Crippen LogP contribution in [0.4, 0.5) is 0 Å². The topological polar surface area (TPSA) is 20.3 Å². The lowest BCUT2D eigenvalue weighted by Gasteiger charge is -2.20. The summed E-state index contributed by atoms with van der Waals surface area (Å²) in [5.41, 5.74) is 0.722. The number of hydrogen-bond acceptors (Lipinski definition) is 1. The summed E-state index contributed by atoms with van der Waals surface area (Å²) in [6.07, 6.45) is 6.97. The molecule has 0 radical (unpaired) electrons. The number of carbonyl (C=O) groups is 1. The second-order valence-corrected chi connectivity index (χ2v) is 2.73. The molecule has 0 aliphatic heterocycles. The molecule has 0 N–H and O–H groups in total. The van der Waals surface area contributed by atoms with Gasteiger partial charge in [-0.3, -0.25) is 4.79 Å². The van der Waals surface area contributed by atoms with Gasteiger partial charge in [-0.1, -0.05) is 12.0 Å². The quantitative estimate of drug-likeness (QED) is 0.448. The summed E-state index contributed by atoms with van der Waals surface area (Å²) in [4.78, 5) is 13.0. The van der Waals surface area contributed by atoms with E-state index in [0.717, 1.165) is 5.57 Å². The van der Waals surface area contributed by atoms with Crippen molar-refractivity contribution in [2.24, 2.45) is 0 Å². The number of allylic oxidation sites excluding steroid dienone is 1. The Balaban J connectivity index is 4.42. The van der Waals surface area contributed by atoms with E-state index < -0.39 is 0 Å². The van der Waals surface area contributed by atoms with Crippen molar-refractivity contribution in [2.45, 2.75) is 26.8 Å². The molecule has 12 heavy (non-hydrogen) atoms. The van der Waals surface area contributed by atoms with Crippen LogP contribution in [0.3, 0.4) is 0 Å². The molecular weight excluding hydrogens is 150 g/mol. The van der Waals surface area contributed by atoms with Gasteiger partial charge in [-0.15, -0.1) is 6.42 Å². The predicted octanol–water partition coefficient (Wildman–Crippen LogP) is 1.43. The zero-order valence-electron chi connectivity index (χ0n) is 8.09. The summed E-state index contributed by atoms with van der Waals surface area (Å²) < 4.78 is 0. The van der Waals surface area contributed by atoms with Crippen LogP contribution in [0.1, 0.15) is 20.8 Å². The van der Waals surface area contributed by atoms with E-state index in [1.54, 1.807) is 24.9 Å². The number of nitrogens with zero attached hydrogens (tertiary/aromatic N) is 1. The van der Waals surface area contributed by atoms with Gasteiger partial charge < -0.3 is 4.90 Å². The first-order valence-corrected chi connectivity index (χ1v) is 3.90. The lowest BCUT2D eigenvalue weighted by Crippen LogP contribution is -2.34. The Hall–Kier alpha value is -1.23. The van der Waals surface area contributed by atoms with E-state index in [1.807, 2.05) is 13.8 Å². The Morgan fingerprint density at radius 3 is 2.50 bits per heavy atom. The van der Waals surface area contributed by atoms with Crippen LogP contribution in [-0.4, -0.2) is 23.9 Å². The average molecular weight is 165 g/mol. The zero-order chi connectivity index (χ0) is 9.72. The van der Waals surface area contributed by atoms with E-state index in [0.29, 0.717) is 0 Å². The first kappa shape index (κ1) is 10.8. The van der Waals surface area contributed by atoms with E-state index in [4.69, 9.17) is 6.42 Å². The molecule has 0 saturated heterocycles. The van der Waals surface area contributed by atoms with Gasteiger partial charge in [0.15, 0.2) is 0 Å². The van der Waals surface area contributed by atoms with Crippen molar-refractivity contribution < 1.29 is 4.79 Å². The first-order valence-electron chi connectivity index (χ1n) is 3.90. The van der Waals surface area contributed by atoms with E-state index in [2.05, 4.69) is 5.92 Å². The smallest absolute Gasteiger partial charge is 0.249 e. The number of amides is 1. The molecule has 1 atom stereocenters. The van der Waals surface area contributed by atoms with Gasteiger partial charge in [0.25, 0.3) is 0 Å². The molecule has 0 bridgehead atoms. The minimum atomic E-state index is -0.146. The van der Waals surface area contributed by atoms with Crippen molar-refractivity contribution in [3.63, 3.8) is 0 Å². The number of hydrogen-bond donors (Lipinski definition) is 0. The van der Waals surface area contributed by atoms with Gasteiger partial charge in [0.05, 0.1) is 6.04 Å². The van der Waals surface area contributed by atoms with Gasteiger partial charge in [0, 0.05) is 12.6 Å². The van der Waals surface area contributed by atoms with Crippen LogP contribution in [0.15, 0.2) is 11.6 Å². The fourth-order valence-electron chi connectivity index (χ4n) is 0.689. The van der Waals surface area contributed by atoms with Crippen LogP contribution in [0.2, 0.25) is 0 Å². The summed E-state index contributed by atoms with van der Waals surface area (Å²) in [7, 11) is 1.71. The van der Waals surface area contributed by atoms with Crippen molar-refractivity contribution in [3.8, 4) is 12.3 Å². The molecule has 0 fully saturated rings. The van der Waals surface area contributed by atoms with Crippen molar-refractivity contribution in [3.05, 3.63) is 11.6 Å². The normalized spacial score (nSPS) is 13.4. The van der Waals surface area contributed by atoms with Gasteiger partial charge in [0.2, 0.25) is 5.91 Å². The Bertz CT molecular complexity index is 235. The number of likely N-dealkylation sites (N-methyl/N-ethyl adjacent to an activating group) is 1. The third-order valence-corrected chi connectivity index (χ3v) is 1.91. The maximum absolute atomic E-state index is 11.4. The standard InChI is InChI=1S/C10H15NO/c1-6-8(3)10(12)11(5)9(4)7-2/h2,6,9H,1,3-5H3/b8-6-. The van der Waals surface area contributed by atoms with Crippen molar-refractivity contribution >= 4 is 5.91 Å². The Labute approximate surface area is 74.3 Å². The molecular formula is C10H15NO. The van der Waals surface area contributed by atoms with Crippen molar-refractivity contribution in [1.29, 1.82) is 0 Å². The largest absolute Gasteiger partial charge is 0.328 e. The van der Waals surface area contributed by atoms with Crippen LogP contribution < -0.4 is 0 Å². The summed E-state index contributed by atoms with van der Waals surface area (Å²) in [6.45, 7) is 5.44. The number of rotatable bonds is 2. The fourth-order valence-corrected chi connectivity index (χ4v) is 0.689. The molecule has 66 valence electrons. The lowest BCUT2D eigenvalue weighted by atomic mass is 10.2. The summed E-state index contributed by atoms with van der Waals surface area (Å²) >= 11 is 0. The highest BCUT2D eigenvalue weighted by molar-refractivity contribution is 5.92.